The number of ether oxygens (including phenoxy) is 2. The van der Waals surface area contributed by atoms with Crippen LogP contribution in [0.4, 0.5) is 17.1 Å². The Morgan fingerprint density at radius 1 is 0.641 bits per heavy atom. The van der Waals surface area contributed by atoms with Crippen molar-refractivity contribution in [1.82, 2.24) is 0 Å². The molecule has 0 spiro atoms. The Hall–Kier alpha value is -6.02. The first-order valence-corrected chi connectivity index (χ1v) is 11.7. The van der Waals surface area contributed by atoms with Crippen molar-refractivity contribution in [3.05, 3.63) is 113 Å². The minimum absolute atomic E-state index is 0.0974. The van der Waals surface area contributed by atoms with Gasteiger partial charge in [-0.3, -0.25) is 0 Å². The van der Waals surface area contributed by atoms with Crippen molar-refractivity contribution in [2.24, 2.45) is 0 Å². The van der Waals surface area contributed by atoms with E-state index in [1.807, 2.05) is 91.0 Å². The Morgan fingerprint density at radius 2 is 1.08 bits per heavy atom. The Balaban J connectivity index is 1.77. The van der Waals surface area contributed by atoms with Gasteiger partial charge in [0.15, 0.2) is 0 Å². The van der Waals surface area contributed by atoms with Crippen LogP contribution in [0.3, 0.4) is 0 Å². The summed E-state index contributed by atoms with van der Waals surface area (Å²) < 4.78 is 10.6. The molecule has 0 aromatic heterocycles. The molecule has 0 heterocycles. The predicted octanol–water partition coefficient (Wildman–Crippen LogP) is 6.85. The maximum atomic E-state index is 9.90. The number of nitrogens with zero attached hydrogens (tertiary/aromatic N) is 5. The lowest BCUT2D eigenvalue weighted by Crippen LogP contribution is -2.09. The summed E-state index contributed by atoms with van der Waals surface area (Å²) in [5, 5.41) is 38.4. The first kappa shape index (κ1) is 26.1. The molecule has 4 aromatic rings. The lowest BCUT2D eigenvalue weighted by Gasteiger charge is -2.26. The summed E-state index contributed by atoms with van der Waals surface area (Å²) in [7, 11) is 3.24. The van der Waals surface area contributed by atoms with Crippen LogP contribution in [0.15, 0.2) is 84.9 Å². The SMILES string of the molecule is COc1ccc(N(c2ccc(/C=C(\C#N)c3c(C#N)cc(C#N)cc3C#N)cc2)c2ccc(OC)cc2)cc1. The van der Waals surface area contributed by atoms with E-state index in [-0.39, 0.29) is 27.8 Å². The highest BCUT2D eigenvalue weighted by atomic mass is 16.5. The number of allylic oxidation sites excluding steroid dienone is 1. The zero-order valence-electron chi connectivity index (χ0n) is 21.2. The summed E-state index contributed by atoms with van der Waals surface area (Å²) in [6.07, 6.45) is 1.62. The second-order valence-electron chi connectivity index (χ2n) is 8.27. The summed E-state index contributed by atoms with van der Waals surface area (Å²) >= 11 is 0. The van der Waals surface area contributed by atoms with E-state index >= 15 is 0 Å². The Morgan fingerprint density at radius 3 is 1.44 bits per heavy atom. The van der Waals surface area contributed by atoms with Crippen LogP contribution in [-0.4, -0.2) is 14.2 Å². The van der Waals surface area contributed by atoms with E-state index in [2.05, 4.69) is 11.0 Å². The Labute approximate surface area is 226 Å². The summed E-state index contributed by atoms with van der Waals surface area (Å²) in [4.78, 5) is 2.07. The number of benzene rings is 4. The van der Waals surface area contributed by atoms with Crippen molar-refractivity contribution in [3.63, 3.8) is 0 Å². The van der Waals surface area contributed by atoms with E-state index in [1.54, 1.807) is 20.3 Å². The van der Waals surface area contributed by atoms with Crippen LogP contribution in [0.1, 0.15) is 27.8 Å². The standard InChI is InChI=1S/C32H21N5O2/c1-38-30-11-7-28(8-12-30)37(29-9-13-31(39-2)14-10-29)27-5-3-22(4-6-27)15-24(19-34)32-25(20-35)16-23(18-33)17-26(32)21-36/h3-17H,1-2H3/b24-15+. The Bertz CT molecular complexity index is 1610. The van der Waals surface area contributed by atoms with Crippen molar-refractivity contribution < 1.29 is 9.47 Å². The fourth-order valence-electron chi connectivity index (χ4n) is 4.13. The van der Waals surface area contributed by atoms with Crippen molar-refractivity contribution in [2.75, 3.05) is 19.1 Å². The third-order valence-electron chi connectivity index (χ3n) is 6.02. The van der Waals surface area contributed by atoms with E-state index in [9.17, 15) is 21.0 Å². The minimum atomic E-state index is 0.0974. The van der Waals surface area contributed by atoms with Gasteiger partial charge in [0, 0.05) is 22.6 Å². The van der Waals surface area contributed by atoms with Crippen LogP contribution >= 0.6 is 0 Å². The quantitative estimate of drug-likeness (QED) is 0.198. The maximum Gasteiger partial charge on any atom is 0.119 e. The van der Waals surface area contributed by atoms with Gasteiger partial charge in [-0.1, -0.05) is 12.1 Å². The lowest BCUT2D eigenvalue weighted by molar-refractivity contribution is 0.415. The van der Waals surface area contributed by atoms with Gasteiger partial charge in [0.1, 0.15) is 11.5 Å². The van der Waals surface area contributed by atoms with Gasteiger partial charge in [-0.25, -0.2) is 0 Å². The van der Waals surface area contributed by atoms with E-state index in [4.69, 9.17) is 9.47 Å². The molecule has 0 amide bonds. The highest BCUT2D eigenvalue weighted by Gasteiger charge is 2.16. The number of hydrogen-bond donors (Lipinski definition) is 0. The fraction of sp³-hybridized carbons (Fsp3) is 0.0625. The number of methoxy groups -OCH3 is 2. The molecule has 0 aliphatic carbocycles. The predicted molar refractivity (Wildman–Crippen MR) is 148 cm³/mol. The molecule has 0 fully saturated rings. The number of rotatable bonds is 7. The average molecular weight is 508 g/mol. The molecular weight excluding hydrogens is 486 g/mol. The van der Waals surface area contributed by atoms with E-state index in [1.165, 1.54) is 12.1 Å². The van der Waals surface area contributed by atoms with Gasteiger partial charge >= 0.3 is 0 Å². The molecule has 0 atom stereocenters. The molecule has 7 nitrogen and oxygen atoms in total. The van der Waals surface area contributed by atoms with E-state index in [0.29, 0.717) is 5.56 Å². The molecule has 0 saturated heterocycles. The van der Waals surface area contributed by atoms with Gasteiger partial charge in [0.25, 0.3) is 0 Å². The lowest BCUT2D eigenvalue weighted by atomic mass is 9.92. The van der Waals surface area contributed by atoms with E-state index < -0.39 is 0 Å². The first-order chi connectivity index (χ1) is 19.0. The van der Waals surface area contributed by atoms with Crippen LogP contribution in [0.5, 0.6) is 11.5 Å². The van der Waals surface area contributed by atoms with Crippen molar-refractivity contribution in [2.45, 2.75) is 0 Å². The van der Waals surface area contributed by atoms with Gasteiger partial charge in [0.2, 0.25) is 0 Å². The zero-order chi connectivity index (χ0) is 27.8. The number of hydrogen-bond acceptors (Lipinski definition) is 7. The van der Waals surface area contributed by atoms with Gasteiger partial charge < -0.3 is 14.4 Å². The maximum absolute atomic E-state index is 9.90. The normalized spacial score (nSPS) is 10.4. The smallest absolute Gasteiger partial charge is 0.119 e. The molecule has 0 radical (unpaired) electrons. The number of anilines is 3. The zero-order valence-corrected chi connectivity index (χ0v) is 21.2. The molecule has 7 heteroatoms. The molecule has 0 aliphatic heterocycles. The van der Waals surface area contributed by atoms with Crippen molar-refractivity contribution in [1.29, 1.82) is 21.0 Å². The second kappa shape index (κ2) is 11.8. The minimum Gasteiger partial charge on any atom is -0.497 e. The molecule has 186 valence electrons. The molecule has 0 N–H and O–H groups in total. The summed E-state index contributed by atoms with van der Waals surface area (Å²) in [6, 6.07) is 33.8. The molecule has 0 aliphatic rings. The van der Waals surface area contributed by atoms with Gasteiger partial charge in [-0.05, 0) is 84.4 Å². The summed E-state index contributed by atoms with van der Waals surface area (Å²) in [6.45, 7) is 0. The highest BCUT2D eigenvalue weighted by molar-refractivity contribution is 5.94. The molecule has 0 bridgehead atoms. The number of nitriles is 4. The highest BCUT2D eigenvalue weighted by Crippen LogP contribution is 2.36. The van der Waals surface area contributed by atoms with Crippen LogP contribution in [0.2, 0.25) is 0 Å². The molecule has 4 aromatic carbocycles. The second-order valence-corrected chi connectivity index (χ2v) is 8.27. The van der Waals surface area contributed by atoms with Crippen molar-refractivity contribution >= 4 is 28.7 Å². The molecule has 0 saturated carbocycles. The van der Waals surface area contributed by atoms with Crippen LogP contribution < -0.4 is 14.4 Å². The molecule has 39 heavy (non-hydrogen) atoms. The average Bonchev–Trinajstić information content (AvgIpc) is 3.00. The van der Waals surface area contributed by atoms with Gasteiger partial charge in [-0.15, -0.1) is 0 Å². The van der Waals surface area contributed by atoms with Crippen molar-refractivity contribution in [3.8, 4) is 35.8 Å². The first-order valence-electron chi connectivity index (χ1n) is 11.7. The fourth-order valence-corrected chi connectivity index (χ4v) is 4.13. The Kier molecular flexibility index (Phi) is 7.89. The molecular formula is C32H21N5O2. The topological polar surface area (TPSA) is 117 Å². The third kappa shape index (κ3) is 5.55. The van der Waals surface area contributed by atoms with Crippen LogP contribution in [-0.2, 0) is 0 Å². The van der Waals surface area contributed by atoms with Crippen LogP contribution in [0.25, 0.3) is 11.6 Å². The van der Waals surface area contributed by atoms with Crippen LogP contribution in [0, 0.1) is 45.3 Å². The molecule has 0 unspecified atom stereocenters. The summed E-state index contributed by atoms with van der Waals surface area (Å²) in [5.41, 5.74) is 4.15. The van der Waals surface area contributed by atoms with Gasteiger partial charge in [0.05, 0.1) is 60.8 Å². The monoisotopic (exact) mass is 507 g/mol. The van der Waals surface area contributed by atoms with Gasteiger partial charge in [-0.2, -0.15) is 21.0 Å². The molecule has 4 rings (SSSR count). The summed E-state index contributed by atoms with van der Waals surface area (Å²) in [5.74, 6) is 1.49. The van der Waals surface area contributed by atoms with E-state index in [0.717, 1.165) is 28.6 Å². The third-order valence-corrected chi connectivity index (χ3v) is 6.02. The largest absolute Gasteiger partial charge is 0.497 e.